The number of rotatable bonds is 5. The van der Waals surface area contributed by atoms with Crippen molar-refractivity contribution in [1.29, 1.82) is 5.26 Å². The molecule has 9 heteroatoms. The number of nitrogens with zero attached hydrogens (tertiary/aromatic N) is 3. The molecule has 0 aliphatic rings. The average molecular weight is 326 g/mol. The molecule has 0 aromatic heterocycles. The van der Waals surface area contributed by atoms with Gasteiger partial charge in [-0.15, -0.1) is 0 Å². The Bertz CT molecular complexity index is 872. The zero-order valence-corrected chi connectivity index (χ0v) is 12.1. The van der Waals surface area contributed by atoms with Gasteiger partial charge in [-0.05, 0) is 18.2 Å². The van der Waals surface area contributed by atoms with E-state index in [4.69, 9.17) is 5.26 Å². The predicted octanol–water partition coefficient (Wildman–Crippen LogP) is 2.56. The molecule has 120 valence electrons. The van der Waals surface area contributed by atoms with Crippen molar-refractivity contribution in [1.82, 2.24) is 0 Å². The Morgan fingerprint density at radius 3 is 2.46 bits per heavy atom. The standard InChI is InChI=1S/C15H10N4O5/c16-9-11-3-1-2-4-13(11)17-15(20)7-10-5-6-12(18(21)22)8-14(10)19(23)24/h1-6,8H,7H2,(H,17,20). The Morgan fingerprint density at radius 1 is 1.12 bits per heavy atom. The van der Waals surface area contributed by atoms with Gasteiger partial charge in [-0.25, -0.2) is 0 Å². The van der Waals surface area contributed by atoms with Crippen LogP contribution in [0.1, 0.15) is 11.1 Å². The number of carbonyl (C=O) groups excluding carboxylic acids is 1. The summed E-state index contributed by atoms with van der Waals surface area (Å²) in [6, 6.07) is 11.3. The van der Waals surface area contributed by atoms with Crippen molar-refractivity contribution in [2.75, 3.05) is 5.32 Å². The van der Waals surface area contributed by atoms with Gasteiger partial charge < -0.3 is 5.32 Å². The number of carbonyl (C=O) groups is 1. The molecule has 2 rings (SSSR count). The summed E-state index contributed by atoms with van der Waals surface area (Å²) in [5.41, 5.74) is -0.357. The fraction of sp³-hybridized carbons (Fsp3) is 0.0667. The van der Waals surface area contributed by atoms with E-state index in [-0.39, 0.29) is 23.2 Å². The number of nitriles is 1. The van der Waals surface area contributed by atoms with Crippen LogP contribution in [-0.2, 0) is 11.2 Å². The van der Waals surface area contributed by atoms with Crippen molar-refractivity contribution >= 4 is 23.0 Å². The first-order valence-electron chi connectivity index (χ1n) is 6.63. The molecular formula is C15H10N4O5. The molecule has 0 atom stereocenters. The van der Waals surface area contributed by atoms with E-state index in [1.165, 1.54) is 18.2 Å². The number of hydrogen-bond donors (Lipinski definition) is 1. The molecule has 1 amide bonds. The van der Waals surface area contributed by atoms with Crippen LogP contribution in [0.4, 0.5) is 17.1 Å². The molecule has 2 aromatic carbocycles. The van der Waals surface area contributed by atoms with E-state index in [0.29, 0.717) is 0 Å². The molecule has 2 aromatic rings. The van der Waals surface area contributed by atoms with Crippen LogP contribution < -0.4 is 5.32 Å². The van der Waals surface area contributed by atoms with Gasteiger partial charge in [0.15, 0.2) is 0 Å². The number of nitrogens with one attached hydrogen (secondary N) is 1. The topological polar surface area (TPSA) is 139 Å². The third kappa shape index (κ3) is 3.69. The number of amides is 1. The van der Waals surface area contributed by atoms with E-state index in [9.17, 15) is 25.0 Å². The summed E-state index contributed by atoms with van der Waals surface area (Å²) in [6.45, 7) is 0. The van der Waals surface area contributed by atoms with Crippen molar-refractivity contribution in [3.63, 3.8) is 0 Å². The van der Waals surface area contributed by atoms with Crippen molar-refractivity contribution < 1.29 is 14.6 Å². The lowest BCUT2D eigenvalue weighted by Gasteiger charge is -2.07. The maximum atomic E-state index is 12.1. The number of hydrogen-bond acceptors (Lipinski definition) is 6. The van der Waals surface area contributed by atoms with Crippen LogP contribution in [-0.4, -0.2) is 15.8 Å². The van der Waals surface area contributed by atoms with Gasteiger partial charge in [-0.3, -0.25) is 25.0 Å². The minimum Gasteiger partial charge on any atom is -0.325 e. The molecule has 0 unspecified atom stereocenters. The van der Waals surface area contributed by atoms with Gasteiger partial charge >= 0.3 is 0 Å². The largest absolute Gasteiger partial charge is 0.325 e. The lowest BCUT2D eigenvalue weighted by Crippen LogP contribution is -2.16. The summed E-state index contributed by atoms with van der Waals surface area (Å²) in [5, 5.41) is 33.2. The van der Waals surface area contributed by atoms with Gasteiger partial charge in [0.25, 0.3) is 11.4 Å². The number of non-ortho nitro benzene ring substituents is 1. The van der Waals surface area contributed by atoms with E-state index in [2.05, 4.69) is 5.32 Å². The summed E-state index contributed by atoms with van der Waals surface area (Å²) < 4.78 is 0. The highest BCUT2D eigenvalue weighted by molar-refractivity contribution is 5.94. The van der Waals surface area contributed by atoms with Gasteiger partial charge in [-0.2, -0.15) is 5.26 Å². The molecule has 0 saturated carbocycles. The van der Waals surface area contributed by atoms with Crippen molar-refractivity contribution in [3.05, 3.63) is 73.8 Å². The van der Waals surface area contributed by atoms with E-state index in [0.717, 1.165) is 12.1 Å². The van der Waals surface area contributed by atoms with Gasteiger partial charge in [0.2, 0.25) is 5.91 Å². The first-order chi connectivity index (χ1) is 11.4. The quantitative estimate of drug-likeness (QED) is 0.661. The highest BCUT2D eigenvalue weighted by atomic mass is 16.6. The summed E-state index contributed by atoms with van der Waals surface area (Å²) >= 11 is 0. The Morgan fingerprint density at radius 2 is 1.83 bits per heavy atom. The van der Waals surface area contributed by atoms with Gasteiger partial charge in [0.1, 0.15) is 6.07 Å². The van der Waals surface area contributed by atoms with Gasteiger partial charge in [-0.1, -0.05) is 12.1 Å². The number of nitro groups is 2. The molecule has 9 nitrogen and oxygen atoms in total. The first-order valence-corrected chi connectivity index (χ1v) is 6.63. The molecule has 0 bridgehead atoms. The SMILES string of the molecule is N#Cc1ccccc1NC(=O)Cc1ccc([N+](=O)[O-])cc1[N+](=O)[O-]. The van der Waals surface area contributed by atoms with E-state index >= 15 is 0 Å². The van der Waals surface area contributed by atoms with Gasteiger partial charge in [0, 0.05) is 11.6 Å². The van der Waals surface area contributed by atoms with Crippen LogP contribution in [0, 0.1) is 31.6 Å². The summed E-state index contributed by atoms with van der Waals surface area (Å²) in [4.78, 5) is 32.3. The monoisotopic (exact) mass is 326 g/mol. The zero-order chi connectivity index (χ0) is 17.7. The lowest BCUT2D eigenvalue weighted by molar-refractivity contribution is -0.394. The van der Waals surface area contributed by atoms with E-state index < -0.39 is 27.1 Å². The second kappa shape index (κ2) is 6.97. The average Bonchev–Trinajstić information content (AvgIpc) is 2.55. The molecule has 0 saturated heterocycles. The molecule has 0 radical (unpaired) electrons. The lowest BCUT2D eigenvalue weighted by atomic mass is 10.1. The fourth-order valence-electron chi connectivity index (χ4n) is 2.04. The summed E-state index contributed by atoms with van der Waals surface area (Å²) in [6.07, 6.45) is -0.353. The number of anilines is 1. The van der Waals surface area contributed by atoms with Crippen LogP contribution >= 0.6 is 0 Å². The van der Waals surface area contributed by atoms with Crippen LogP contribution in [0.2, 0.25) is 0 Å². The Hall–Kier alpha value is -3.80. The number of benzene rings is 2. The Kier molecular flexibility index (Phi) is 4.81. The number of nitro benzene ring substituents is 2. The highest BCUT2D eigenvalue weighted by Crippen LogP contribution is 2.25. The zero-order valence-electron chi connectivity index (χ0n) is 12.1. The smallest absolute Gasteiger partial charge is 0.279 e. The summed E-state index contributed by atoms with van der Waals surface area (Å²) in [5.74, 6) is -0.574. The molecule has 0 fully saturated rings. The fourth-order valence-corrected chi connectivity index (χ4v) is 2.04. The molecule has 0 aliphatic heterocycles. The second-order valence-corrected chi connectivity index (χ2v) is 4.71. The maximum Gasteiger partial charge on any atom is 0.279 e. The normalized spacial score (nSPS) is 9.79. The minimum atomic E-state index is -0.779. The number of para-hydroxylation sites is 1. The second-order valence-electron chi connectivity index (χ2n) is 4.71. The third-order valence-electron chi connectivity index (χ3n) is 3.15. The summed E-state index contributed by atoms with van der Waals surface area (Å²) in [7, 11) is 0. The molecular weight excluding hydrogens is 316 g/mol. The van der Waals surface area contributed by atoms with Crippen molar-refractivity contribution in [2.45, 2.75) is 6.42 Å². The van der Waals surface area contributed by atoms with Crippen LogP contribution in [0.25, 0.3) is 0 Å². The molecule has 0 heterocycles. The predicted molar refractivity (Wildman–Crippen MR) is 83.2 cm³/mol. The third-order valence-corrected chi connectivity index (χ3v) is 3.15. The van der Waals surface area contributed by atoms with Gasteiger partial charge in [0.05, 0.1) is 33.6 Å². The molecule has 0 spiro atoms. The van der Waals surface area contributed by atoms with Crippen molar-refractivity contribution in [2.24, 2.45) is 0 Å². The molecule has 24 heavy (non-hydrogen) atoms. The molecule has 1 N–H and O–H groups in total. The highest BCUT2D eigenvalue weighted by Gasteiger charge is 2.21. The maximum absolute atomic E-state index is 12.1. The first kappa shape index (κ1) is 16.6. The minimum absolute atomic E-state index is 0.0394. The van der Waals surface area contributed by atoms with Crippen LogP contribution in [0.5, 0.6) is 0 Å². The Labute approximate surface area is 135 Å². The Balaban J connectivity index is 2.24. The van der Waals surface area contributed by atoms with Crippen LogP contribution in [0.3, 0.4) is 0 Å². The van der Waals surface area contributed by atoms with E-state index in [1.54, 1.807) is 12.1 Å². The molecule has 0 aliphatic carbocycles. The van der Waals surface area contributed by atoms with E-state index in [1.807, 2.05) is 6.07 Å². The van der Waals surface area contributed by atoms with Crippen molar-refractivity contribution in [3.8, 4) is 6.07 Å². The van der Waals surface area contributed by atoms with Crippen LogP contribution in [0.15, 0.2) is 42.5 Å².